The van der Waals surface area contributed by atoms with E-state index in [1.165, 1.54) is 0 Å². The van der Waals surface area contributed by atoms with Gasteiger partial charge in [-0.1, -0.05) is 12.1 Å². The molecule has 2 aromatic rings. The average molecular weight is 281 g/mol. The Morgan fingerprint density at radius 2 is 2.10 bits per heavy atom. The molecule has 1 fully saturated rings. The van der Waals surface area contributed by atoms with Crippen LogP contribution >= 0.6 is 0 Å². The Morgan fingerprint density at radius 1 is 1.19 bits per heavy atom. The lowest BCUT2D eigenvalue weighted by Crippen LogP contribution is -2.30. The van der Waals surface area contributed by atoms with Crippen LogP contribution in [-0.2, 0) is 0 Å². The van der Waals surface area contributed by atoms with Crippen LogP contribution in [-0.4, -0.2) is 34.2 Å². The van der Waals surface area contributed by atoms with Gasteiger partial charge in [0, 0.05) is 18.8 Å². The zero-order chi connectivity index (χ0) is 14.1. The van der Waals surface area contributed by atoms with E-state index in [4.69, 9.17) is 4.98 Å². The maximum absolute atomic E-state index is 4.83. The van der Waals surface area contributed by atoms with Crippen LogP contribution in [0.15, 0.2) is 30.5 Å². The van der Waals surface area contributed by atoms with Crippen LogP contribution in [0.1, 0.15) is 24.6 Å². The van der Waals surface area contributed by atoms with Gasteiger partial charge in [-0.2, -0.15) is 0 Å². The maximum atomic E-state index is 4.83. The molecule has 0 atom stereocenters. The molecule has 2 aliphatic rings. The van der Waals surface area contributed by atoms with Crippen molar-refractivity contribution in [2.45, 2.75) is 18.9 Å². The minimum absolute atomic E-state index is 0.485. The molecule has 108 valence electrons. The normalized spacial score (nSPS) is 18.3. The van der Waals surface area contributed by atoms with Crippen molar-refractivity contribution in [1.82, 2.24) is 19.9 Å². The summed E-state index contributed by atoms with van der Waals surface area (Å²) in [5.74, 6) is 2.12. The fourth-order valence-corrected chi connectivity index (χ4v) is 3.16. The summed E-state index contributed by atoms with van der Waals surface area (Å²) in [6, 6.07) is 6.49. The lowest BCUT2D eigenvalue weighted by atomic mass is 10.1. The van der Waals surface area contributed by atoms with Gasteiger partial charge in [0.2, 0.25) is 0 Å². The molecule has 5 heteroatoms. The summed E-state index contributed by atoms with van der Waals surface area (Å²) >= 11 is 0. The van der Waals surface area contributed by atoms with Gasteiger partial charge in [-0.25, -0.2) is 4.98 Å². The molecule has 0 aromatic carbocycles. The maximum Gasteiger partial charge on any atom is 0.161 e. The molecule has 2 aromatic heterocycles. The molecule has 1 saturated heterocycles. The van der Waals surface area contributed by atoms with E-state index in [-0.39, 0.29) is 0 Å². The zero-order valence-corrected chi connectivity index (χ0v) is 11.9. The first kappa shape index (κ1) is 12.6. The van der Waals surface area contributed by atoms with E-state index in [1.807, 2.05) is 24.4 Å². The molecule has 21 heavy (non-hydrogen) atoms. The van der Waals surface area contributed by atoms with Crippen molar-refractivity contribution < 1.29 is 0 Å². The number of nitrogens with zero attached hydrogens (tertiary/aromatic N) is 3. The molecule has 2 aliphatic heterocycles. The number of piperidine rings is 1. The molecule has 2 N–H and O–H groups in total. The standard InChI is InChI=1S/C16H19N5/c1-2-8-18-13(4-1)16-20-14-5-3-9-19-15(14)21(16)12-6-10-17-11-7-12/h1-5,8,12,17,19H,6-7,9-11H2. The summed E-state index contributed by atoms with van der Waals surface area (Å²) < 4.78 is 2.36. The van der Waals surface area contributed by atoms with Crippen LogP contribution in [0.4, 0.5) is 5.82 Å². The Labute approximate surface area is 124 Å². The zero-order valence-electron chi connectivity index (χ0n) is 11.9. The Bertz CT molecular complexity index is 653. The molecule has 0 saturated carbocycles. The smallest absolute Gasteiger partial charge is 0.161 e. The Kier molecular flexibility index (Phi) is 3.20. The second-order valence-corrected chi connectivity index (χ2v) is 5.52. The highest BCUT2D eigenvalue weighted by Crippen LogP contribution is 2.34. The third kappa shape index (κ3) is 2.23. The van der Waals surface area contributed by atoms with Gasteiger partial charge in [0.15, 0.2) is 5.82 Å². The molecule has 0 radical (unpaired) electrons. The van der Waals surface area contributed by atoms with Crippen molar-refractivity contribution in [3.63, 3.8) is 0 Å². The first-order valence-corrected chi connectivity index (χ1v) is 7.58. The van der Waals surface area contributed by atoms with Crippen molar-refractivity contribution in [3.8, 4) is 11.5 Å². The average Bonchev–Trinajstić information content (AvgIpc) is 2.96. The Hall–Kier alpha value is -2.14. The monoisotopic (exact) mass is 281 g/mol. The van der Waals surface area contributed by atoms with E-state index in [9.17, 15) is 0 Å². The van der Waals surface area contributed by atoms with Crippen LogP contribution < -0.4 is 10.6 Å². The summed E-state index contributed by atoms with van der Waals surface area (Å²) in [5.41, 5.74) is 1.97. The first-order valence-electron chi connectivity index (χ1n) is 7.58. The number of fused-ring (bicyclic) bond motifs is 1. The van der Waals surface area contributed by atoms with Gasteiger partial charge in [0.05, 0.1) is 0 Å². The van der Waals surface area contributed by atoms with Crippen LogP contribution in [0.5, 0.6) is 0 Å². The second-order valence-electron chi connectivity index (χ2n) is 5.52. The predicted octanol–water partition coefficient (Wildman–Crippen LogP) is 2.31. The minimum atomic E-state index is 0.485. The molecule has 4 heterocycles. The Balaban J connectivity index is 1.85. The summed E-state index contributed by atoms with van der Waals surface area (Å²) in [7, 11) is 0. The quantitative estimate of drug-likeness (QED) is 0.887. The highest BCUT2D eigenvalue weighted by Gasteiger charge is 2.25. The van der Waals surface area contributed by atoms with E-state index in [0.29, 0.717) is 6.04 Å². The third-order valence-corrected chi connectivity index (χ3v) is 4.17. The number of nitrogens with one attached hydrogen (secondary N) is 2. The van der Waals surface area contributed by atoms with Crippen LogP contribution in [0, 0.1) is 0 Å². The molecular weight excluding hydrogens is 262 g/mol. The molecule has 5 nitrogen and oxygen atoms in total. The van der Waals surface area contributed by atoms with E-state index in [1.54, 1.807) is 0 Å². The van der Waals surface area contributed by atoms with Gasteiger partial charge in [-0.05, 0) is 44.1 Å². The fourth-order valence-electron chi connectivity index (χ4n) is 3.16. The van der Waals surface area contributed by atoms with Crippen LogP contribution in [0.25, 0.3) is 17.6 Å². The highest BCUT2D eigenvalue weighted by atomic mass is 15.2. The lowest BCUT2D eigenvalue weighted by Gasteiger charge is -2.27. The predicted molar refractivity (Wildman–Crippen MR) is 84.1 cm³/mol. The lowest BCUT2D eigenvalue weighted by molar-refractivity contribution is 0.373. The molecule has 0 aliphatic carbocycles. The largest absolute Gasteiger partial charge is 0.366 e. The second kappa shape index (κ2) is 5.33. The number of aromatic nitrogens is 3. The van der Waals surface area contributed by atoms with E-state index >= 15 is 0 Å². The highest BCUT2D eigenvalue weighted by molar-refractivity contribution is 5.70. The third-order valence-electron chi connectivity index (χ3n) is 4.17. The molecule has 0 bridgehead atoms. The summed E-state index contributed by atoms with van der Waals surface area (Å²) in [5, 5.41) is 6.92. The molecule has 0 spiro atoms. The van der Waals surface area contributed by atoms with E-state index in [2.05, 4.69) is 32.3 Å². The number of hydrogen-bond acceptors (Lipinski definition) is 4. The topological polar surface area (TPSA) is 54.8 Å². The van der Waals surface area contributed by atoms with Crippen LogP contribution in [0.2, 0.25) is 0 Å². The van der Waals surface area contributed by atoms with E-state index in [0.717, 1.165) is 55.5 Å². The number of hydrogen-bond donors (Lipinski definition) is 2. The number of pyridine rings is 1. The van der Waals surface area contributed by atoms with Crippen molar-refractivity contribution in [2.24, 2.45) is 0 Å². The van der Waals surface area contributed by atoms with Gasteiger partial charge < -0.3 is 15.2 Å². The SMILES string of the molecule is C1=Cc2nc(-c3ccccn3)n(C3CCNCC3)c2NC1. The van der Waals surface area contributed by atoms with Gasteiger partial charge >= 0.3 is 0 Å². The summed E-state index contributed by atoms with van der Waals surface area (Å²) in [6.45, 7) is 3.00. The number of imidazole rings is 1. The number of rotatable bonds is 2. The fraction of sp³-hybridized carbons (Fsp3) is 0.375. The Morgan fingerprint density at radius 3 is 2.90 bits per heavy atom. The van der Waals surface area contributed by atoms with Crippen LogP contribution in [0.3, 0.4) is 0 Å². The minimum Gasteiger partial charge on any atom is -0.366 e. The van der Waals surface area contributed by atoms with Gasteiger partial charge in [-0.3, -0.25) is 4.98 Å². The molecule has 4 rings (SSSR count). The van der Waals surface area contributed by atoms with Gasteiger partial charge in [0.25, 0.3) is 0 Å². The molecule has 0 amide bonds. The van der Waals surface area contributed by atoms with Crippen molar-refractivity contribution in [1.29, 1.82) is 0 Å². The number of anilines is 1. The van der Waals surface area contributed by atoms with Gasteiger partial charge in [0.1, 0.15) is 17.2 Å². The molecule has 0 unspecified atom stereocenters. The van der Waals surface area contributed by atoms with Crippen molar-refractivity contribution >= 4 is 11.9 Å². The van der Waals surface area contributed by atoms with Crippen molar-refractivity contribution in [3.05, 3.63) is 36.2 Å². The first-order chi connectivity index (χ1) is 10.4. The van der Waals surface area contributed by atoms with Gasteiger partial charge in [-0.15, -0.1) is 0 Å². The summed E-state index contributed by atoms with van der Waals surface area (Å²) in [6.07, 6.45) is 8.32. The summed E-state index contributed by atoms with van der Waals surface area (Å²) in [4.78, 5) is 9.32. The van der Waals surface area contributed by atoms with Crippen molar-refractivity contribution in [2.75, 3.05) is 25.0 Å². The van der Waals surface area contributed by atoms with E-state index < -0.39 is 0 Å². The molecular formula is C16H19N5.